The topological polar surface area (TPSA) is 38.8 Å². The average molecular weight is 318 g/mol. The second-order valence-corrected chi connectivity index (χ2v) is 5.55. The van der Waals surface area contributed by atoms with Crippen LogP contribution in [-0.2, 0) is 14.4 Å². The Hall–Kier alpha value is -2.04. The quantitative estimate of drug-likeness (QED) is 0.798. The first-order chi connectivity index (χ1) is 10.6. The minimum atomic E-state index is -0.585. The maximum absolute atomic E-state index is 11.2. The Morgan fingerprint density at radius 1 is 1.18 bits per heavy atom. The summed E-state index contributed by atoms with van der Waals surface area (Å²) in [4.78, 5) is 17.0. The molecule has 0 amide bonds. The number of esters is 1. The highest BCUT2D eigenvalue weighted by molar-refractivity contribution is 6.30. The molecule has 2 aromatic rings. The summed E-state index contributed by atoms with van der Waals surface area (Å²) < 4.78 is 5.21. The molecule has 0 unspecified atom stereocenters. The normalized spacial score (nSPS) is 20.9. The van der Waals surface area contributed by atoms with Crippen molar-refractivity contribution in [2.45, 2.75) is 25.7 Å². The number of hydroxylamine groups is 1. The predicted molar refractivity (Wildman–Crippen MR) is 84.4 cm³/mol. The van der Waals surface area contributed by atoms with Crippen LogP contribution in [0.25, 0.3) is 0 Å². The standard InChI is InChI=1S/C17H16ClNO3/c1-12(20)21-17-11-16(13-7-9-14(18)10-8-13)19(22-17)15-5-3-2-4-6-15/h2-10,16-17H,11H2,1H3/t16-,17+/m0/s1. The van der Waals surface area contributed by atoms with Gasteiger partial charge in [0.25, 0.3) is 0 Å². The van der Waals surface area contributed by atoms with Gasteiger partial charge in [0, 0.05) is 18.4 Å². The van der Waals surface area contributed by atoms with E-state index < -0.39 is 6.29 Å². The van der Waals surface area contributed by atoms with Gasteiger partial charge in [-0.25, -0.2) is 9.90 Å². The summed E-state index contributed by atoms with van der Waals surface area (Å²) in [5, 5.41) is 2.47. The van der Waals surface area contributed by atoms with Gasteiger partial charge in [0.2, 0.25) is 6.29 Å². The Kier molecular flexibility index (Phi) is 4.32. The second kappa shape index (κ2) is 6.38. The van der Waals surface area contributed by atoms with Crippen LogP contribution in [0.4, 0.5) is 5.69 Å². The van der Waals surface area contributed by atoms with Gasteiger partial charge in [-0.05, 0) is 29.8 Å². The highest BCUT2D eigenvalue weighted by Gasteiger charge is 2.36. The van der Waals surface area contributed by atoms with Gasteiger partial charge < -0.3 is 4.74 Å². The zero-order valence-electron chi connectivity index (χ0n) is 12.1. The van der Waals surface area contributed by atoms with Crippen molar-refractivity contribution in [1.82, 2.24) is 0 Å². The number of ether oxygens (including phenoxy) is 1. The minimum absolute atomic E-state index is 0.0379. The van der Waals surface area contributed by atoms with Crippen molar-refractivity contribution >= 4 is 23.3 Å². The molecule has 0 aliphatic carbocycles. The first-order valence-corrected chi connectivity index (χ1v) is 7.45. The van der Waals surface area contributed by atoms with E-state index in [0.717, 1.165) is 11.3 Å². The van der Waals surface area contributed by atoms with Crippen molar-refractivity contribution in [2.75, 3.05) is 5.06 Å². The number of benzene rings is 2. The number of hydrogen-bond donors (Lipinski definition) is 0. The van der Waals surface area contributed by atoms with Gasteiger partial charge in [-0.2, -0.15) is 0 Å². The Labute approximate surface area is 134 Å². The number of nitrogens with zero attached hydrogens (tertiary/aromatic N) is 1. The van der Waals surface area contributed by atoms with Crippen LogP contribution in [0.15, 0.2) is 54.6 Å². The number of halogens is 1. The first-order valence-electron chi connectivity index (χ1n) is 7.07. The Morgan fingerprint density at radius 3 is 2.50 bits per heavy atom. The van der Waals surface area contributed by atoms with E-state index in [4.69, 9.17) is 21.2 Å². The first kappa shape index (κ1) is 14.9. The number of carbonyl (C=O) groups is 1. The van der Waals surface area contributed by atoms with Gasteiger partial charge in [0.15, 0.2) is 0 Å². The maximum atomic E-state index is 11.2. The Balaban J connectivity index is 1.89. The molecule has 1 fully saturated rings. The summed E-state index contributed by atoms with van der Waals surface area (Å²) in [5.41, 5.74) is 1.97. The lowest BCUT2D eigenvalue weighted by Gasteiger charge is -2.24. The molecule has 3 rings (SSSR count). The molecule has 0 N–H and O–H groups in total. The van der Waals surface area contributed by atoms with Crippen LogP contribution in [0.2, 0.25) is 5.02 Å². The van der Waals surface area contributed by atoms with Crippen LogP contribution in [0.3, 0.4) is 0 Å². The molecule has 2 aromatic carbocycles. The smallest absolute Gasteiger partial charge is 0.305 e. The highest BCUT2D eigenvalue weighted by Crippen LogP contribution is 2.38. The molecule has 0 aromatic heterocycles. The molecule has 4 nitrogen and oxygen atoms in total. The average Bonchev–Trinajstić information content (AvgIpc) is 2.92. The third-order valence-electron chi connectivity index (χ3n) is 3.49. The van der Waals surface area contributed by atoms with E-state index in [2.05, 4.69) is 0 Å². The SMILES string of the molecule is CC(=O)O[C@H]1C[C@@H](c2ccc(Cl)cc2)N(c2ccccc2)O1. The zero-order valence-corrected chi connectivity index (χ0v) is 12.9. The zero-order chi connectivity index (χ0) is 15.5. The molecular formula is C17H16ClNO3. The van der Waals surface area contributed by atoms with Crippen molar-refractivity contribution in [3.05, 3.63) is 65.2 Å². The molecule has 0 radical (unpaired) electrons. The lowest BCUT2D eigenvalue weighted by Crippen LogP contribution is -2.23. The van der Waals surface area contributed by atoms with Crippen molar-refractivity contribution in [2.24, 2.45) is 0 Å². The molecular weight excluding hydrogens is 302 g/mol. The fourth-order valence-electron chi connectivity index (χ4n) is 2.55. The summed E-state index contributed by atoms with van der Waals surface area (Å²) in [6.45, 7) is 1.38. The molecule has 1 aliphatic rings. The van der Waals surface area contributed by atoms with Crippen LogP contribution in [-0.4, -0.2) is 12.3 Å². The van der Waals surface area contributed by atoms with E-state index in [-0.39, 0.29) is 12.0 Å². The largest absolute Gasteiger partial charge is 0.434 e. The summed E-state index contributed by atoms with van der Waals surface area (Å²) >= 11 is 5.96. The van der Waals surface area contributed by atoms with E-state index in [1.807, 2.05) is 54.6 Å². The molecule has 1 aliphatic heterocycles. The minimum Gasteiger partial charge on any atom is -0.434 e. The third kappa shape index (κ3) is 3.24. The fourth-order valence-corrected chi connectivity index (χ4v) is 2.67. The number of hydrogen-bond acceptors (Lipinski definition) is 4. The van der Waals surface area contributed by atoms with Crippen molar-refractivity contribution in [3.8, 4) is 0 Å². The molecule has 2 atom stereocenters. The molecule has 114 valence electrons. The van der Waals surface area contributed by atoms with Gasteiger partial charge in [-0.3, -0.25) is 4.79 Å². The fraction of sp³-hybridized carbons (Fsp3) is 0.235. The van der Waals surface area contributed by atoms with E-state index in [9.17, 15) is 4.79 Å². The molecule has 1 saturated heterocycles. The lowest BCUT2D eigenvalue weighted by atomic mass is 10.0. The van der Waals surface area contributed by atoms with Gasteiger partial charge in [-0.1, -0.05) is 41.9 Å². The molecule has 1 heterocycles. The molecule has 5 heteroatoms. The second-order valence-electron chi connectivity index (χ2n) is 5.11. The molecule has 0 bridgehead atoms. The summed E-state index contributed by atoms with van der Waals surface area (Å²) in [6, 6.07) is 17.3. The van der Waals surface area contributed by atoms with Crippen molar-refractivity contribution < 1.29 is 14.4 Å². The van der Waals surface area contributed by atoms with Crippen LogP contribution in [0.1, 0.15) is 24.9 Å². The van der Waals surface area contributed by atoms with Crippen molar-refractivity contribution in [3.63, 3.8) is 0 Å². The highest BCUT2D eigenvalue weighted by atomic mass is 35.5. The number of anilines is 1. The van der Waals surface area contributed by atoms with E-state index in [0.29, 0.717) is 11.4 Å². The number of carbonyl (C=O) groups excluding carboxylic acids is 1. The van der Waals surface area contributed by atoms with E-state index in [1.165, 1.54) is 6.92 Å². The van der Waals surface area contributed by atoms with Gasteiger partial charge in [0.05, 0.1) is 11.7 Å². The summed E-state index contributed by atoms with van der Waals surface area (Å²) in [7, 11) is 0. The van der Waals surface area contributed by atoms with Gasteiger partial charge in [0.1, 0.15) is 0 Å². The molecule has 0 saturated carbocycles. The molecule has 22 heavy (non-hydrogen) atoms. The van der Waals surface area contributed by atoms with Crippen LogP contribution in [0, 0.1) is 0 Å². The Morgan fingerprint density at radius 2 is 1.86 bits per heavy atom. The van der Waals surface area contributed by atoms with Crippen LogP contribution in [0.5, 0.6) is 0 Å². The van der Waals surface area contributed by atoms with E-state index >= 15 is 0 Å². The van der Waals surface area contributed by atoms with Crippen molar-refractivity contribution in [1.29, 1.82) is 0 Å². The summed E-state index contributed by atoms with van der Waals surface area (Å²) in [6.07, 6.45) is -0.0192. The van der Waals surface area contributed by atoms with E-state index in [1.54, 1.807) is 5.06 Å². The lowest BCUT2D eigenvalue weighted by molar-refractivity contribution is -0.168. The van der Waals surface area contributed by atoms with Gasteiger partial charge in [-0.15, -0.1) is 0 Å². The Bertz CT molecular complexity index is 645. The monoisotopic (exact) mass is 317 g/mol. The molecule has 0 spiro atoms. The number of rotatable bonds is 3. The predicted octanol–water partition coefficient (Wildman–Crippen LogP) is 4.11. The van der Waals surface area contributed by atoms with Gasteiger partial charge >= 0.3 is 5.97 Å². The third-order valence-corrected chi connectivity index (χ3v) is 3.74. The summed E-state index contributed by atoms with van der Waals surface area (Å²) in [5.74, 6) is -0.352. The van der Waals surface area contributed by atoms with Crippen LogP contribution >= 0.6 is 11.6 Å². The van der Waals surface area contributed by atoms with Crippen LogP contribution < -0.4 is 5.06 Å². The number of para-hydroxylation sites is 1. The maximum Gasteiger partial charge on any atom is 0.305 e.